The van der Waals surface area contributed by atoms with Crippen molar-refractivity contribution in [3.8, 4) is 11.3 Å². The molecule has 1 atom stereocenters. The number of amides is 1. The normalized spacial score (nSPS) is 19.4. The number of hydrogen-bond acceptors (Lipinski definition) is 6. The summed E-state index contributed by atoms with van der Waals surface area (Å²) >= 11 is 6.02. The lowest BCUT2D eigenvalue weighted by Gasteiger charge is -2.33. The minimum atomic E-state index is -3.15. The third-order valence-corrected chi connectivity index (χ3v) is 9.01. The first-order chi connectivity index (χ1) is 17.3. The minimum absolute atomic E-state index is 0.00670. The van der Waals surface area contributed by atoms with Crippen molar-refractivity contribution in [2.75, 3.05) is 18.1 Å². The Hall–Kier alpha value is -2.97. The van der Waals surface area contributed by atoms with Gasteiger partial charge in [-0.25, -0.2) is 18.2 Å². The number of hydrogen-bond donors (Lipinski definition) is 0. The summed E-state index contributed by atoms with van der Waals surface area (Å²) in [7, 11) is -3.15. The predicted octanol–water partition coefficient (Wildman–Crippen LogP) is 4.67. The average Bonchev–Trinajstić information content (AvgIpc) is 3.52. The molecule has 0 bridgehead atoms. The Bertz CT molecular complexity index is 1400. The maximum absolute atomic E-state index is 13.3. The molecule has 2 fully saturated rings. The number of esters is 1. The van der Waals surface area contributed by atoms with E-state index >= 15 is 0 Å². The van der Waals surface area contributed by atoms with E-state index in [1.165, 1.54) is 0 Å². The summed E-state index contributed by atoms with van der Waals surface area (Å²) < 4.78 is 29.7. The van der Waals surface area contributed by atoms with Gasteiger partial charge < -0.3 is 9.64 Å². The maximum atomic E-state index is 13.3. The van der Waals surface area contributed by atoms with Crippen molar-refractivity contribution in [1.82, 2.24) is 9.88 Å². The molecule has 3 aromatic rings. The van der Waals surface area contributed by atoms with Gasteiger partial charge in [0.25, 0.3) is 5.91 Å². The number of carbonyl (C=O) groups is 2. The van der Waals surface area contributed by atoms with Crippen molar-refractivity contribution in [2.24, 2.45) is 0 Å². The highest BCUT2D eigenvalue weighted by Crippen LogP contribution is 2.30. The number of rotatable bonds is 6. The molecule has 2 aromatic carbocycles. The third-order valence-electron chi connectivity index (χ3n) is 7.01. The molecule has 1 aliphatic carbocycles. The van der Waals surface area contributed by atoms with E-state index in [1.54, 1.807) is 29.2 Å². The van der Waals surface area contributed by atoms with Crippen molar-refractivity contribution < 1.29 is 22.7 Å². The molecule has 1 aromatic heterocycles. The van der Waals surface area contributed by atoms with E-state index in [9.17, 15) is 18.0 Å². The largest absolute Gasteiger partial charge is 0.452 e. The first-order valence-corrected chi connectivity index (χ1v) is 14.3. The Morgan fingerprint density at radius 3 is 2.42 bits per heavy atom. The number of nitrogens with zero attached hydrogens (tertiary/aromatic N) is 2. The van der Waals surface area contributed by atoms with Crippen molar-refractivity contribution >= 4 is 44.2 Å². The van der Waals surface area contributed by atoms with Crippen molar-refractivity contribution in [3.05, 3.63) is 65.2 Å². The zero-order valence-electron chi connectivity index (χ0n) is 19.7. The minimum Gasteiger partial charge on any atom is -0.452 e. The monoisotopic (exact) mass is 526 g/mol. The number of aromatic nitrogens is 1. The first kappa shape index (κ1) is 24.7. The van der Waals surface area contributed by atoms with E-state index < -0.39 is 22.4 Å². The molecule has 36 heavy (non-hydrogen) atoms. The van der Waals surface area contributed by atoms with Gasteiger partial charge in [0.15, 0.2) is 16.4 Å². The highest BCUT2D eigenvalue weighted by molar-refractivity contribution is 7.91. The Labute approximate surface area is 215 Å². The van der Waals surface area contributed by atoms with Crippen LogP contribution in [0.25, 0.3) is 22.2 Å². The van der Waals surface area contributed by atoms with E-state index in [4.69, 9.17) is 16.3 Å². The molecular weight excluding hydrogens is 500 g/mol. The topological polar surface area (TPSA) is 93.6 Å². The molecule has 9 heteroatoms. The Morgan fingerprint density at radius 2 is 1.72 bits per heavy atom. The summed E-state index contributed by atoms with van der Waals surface area (Å²) in [5.41, 5.74) is 2.33. The highest BCUT2D eigenvalue weighted by atomic mass is 35.5. The average molecular weight is 527 g/mol. The van der Waals surface area contributed by atoms with Crippen molar-refractivity contribution in [3.63, 3.8) is 0 Å². The van der Waals surface area contributed by atoms with Crippen LogP contribution < -0.4 is 0 Å². The van der Waals surface area contributed by atoms with E-state index in [0.29, 0.717) is 33.6 Å². The second-order valence-corrected chi connectivity index (χ2v) is 12.1. The van der Waals surface area contributed by atoms with E-state index in [0.717, 1.165) is 31.2 Å². The van der Waals surface area contributed by atoms with E-state index in [1.807, 2.05) is 30.3 Å². The molecule has 1 saturated carbocycles. The van der Waals surface area contributed by atoms with Crippen LogP contribution >= 0.6 is 11.6 Å². The first-order valence-electron chi connectivity index (χ1n) is 12.2. The van der Waals surface area contributed by atoms with Crippen LogP contribution in [-0.2, 0) is 19.4 Å². The van der Waals surface area contributed by atoms with Crippen molar-refractivity contribution in [2.45, 2.75) is 44.2 Å². The molecule has 5 rings (SSSR count). The molecule has 0 unspecified atom stereocenters. The summed E-state index contributed by atoms with van der Waals surface area (Å²) in [5, 5.41) is 1.22. The molecule has 0 N–H and O–H groups in total. The van der Waals surface area contributed by atoms with Gasteiger partial charge in [-0.3, -0.25) is 4.79 Å². The van der Waals surface area contributed by atoms with Gasteiger partial charge in [-0.2, -0.15) is 0 Å². The molecule has 1 amide bonds. The van der Waals surface area contributed by atoms with Gasteiger partial charge in [-0.1, -0.05) is 54.8 Å². The van der Waals surface area contributed by atoms with Gasteiger partial charge in [0.2, 0.25) is 0 Å². The van der Waals surface area contributed by atoms with Gasteiger partial charge >= 0.3 is 5.97 Å². The molecular formula is C27H27ClN2O5S. The SMILES string of the molecule is O=C(OCC(=O)N(C1CCCC1)[C@H]1CCS(=O)(=O)C1)c1cc(-c2ccc(Cl)cc2)nc2ccccc12. The van der Waals surface area contributed by atoms with Crippen LogP contribution in [0.1, 0.15) is 42.5 Å². The fraction of sp³-hybridized carbons (Fsp3) is 0.370. The Morgan fingerprint density at radius 1 is 1.00 bits per heavy atom. The fourth-order valence-corrected chi connectivity index (χ4v) is 7.11. The summed E-state index contributed by atoms with van der Waals surface area (Å²) in [6, 6.07) is 15.7. The van der Waals surface area contributed by atoms with E-state index in [-0.39, 0.29) is 29.5 Å². The number of ether oxygens (including phenoxy) is 1. The lowest BCUT2D eigenvalue weighted by Crippen LogP contribution is -2.48. The number of benzene rings is 2. The number of carbonyl (C=O) groups excluding carboxylic acids is 2. The zero-order chi connectivity index (χ0) is 25.3. The molecule has 2 aliphatic rings. The second kappa shape index (κ2) is 10.2. The van der Waals surface area contributed by atoms with Crippen LogP contribution in [0, 0.1) is 0 Å². The quantitative estimate of drug-likeness (QED) is 0.433. The number of fused-ring (bicyclic) bond motifs is 1. The fourth-order valence-electron chi connectivity index (χ4n) is 5.28. The summed E-state index contributed by atoms with van der Waals surface area (Å²) in [6.07, 6.45) is 4.12. The second-order valence-electron chi connectivity index (χ2n) is 9.45. The molecule has 7 nitrogen and oxygen atoms in total. The van der Waals surface area contributed by atoms with Crippen LogP contribution in [0.15, 0.2) is 54.6 Å². The van der Waals surface area contributed by atoms with Gasteiger partial charge in [0.1, 0.15) is 0 Å². The van der Waals surface area contributed by atoms with Crippen LogP contribution in [-0.4, -0.2) is 60.4 Å². The van der Waals surface area contributed by atoms with Crippen molar-refractivity contribution in [1.29, 1.82) is 0 Å². The maximum Gasteiger partial charge on any atom is 0.339 e. The van der Waals surface area contributed by atoms with Gasteiger partial charge in [-0.05, 0) is 43.5 Å². The third kappa shape index (κ3) is 5.25. The number of sulfone groups is 1. The van der Waals surface area contributed by atoms with Crippen LogP contribution in [0.4, 0.5) is 0 Å². The van der Waals surface area contributed by atoms with Gasteiger partial charge in [0.05, 0.1) is 28.3 Å². The Balaban J connectivity index is 1.38. The highest BCUT2D eigenvalue weighted by Gasteiger charge is 2.39. The molecule has 0 spiro atoms. The number of halogens is 1. The van der Waals surface area contributed by atoms with Crippen LogP contribution in [0.3, 0.4) is 0 Å². The van der Waals surface area contributed by atoms with Crippen LogP contribution in [0.2, 0.25) is 5.02 Å². The molecule has 188 valence electrons. The lowest BCUT2D eigenvalue weighted by molar-refractivity contribution is -0.139. The van der Waals surface area contributed by atoms with Gasteiger partial charge in [0, 0.05) is 28.1 Å². The lowest BCUT2D eigenvalue weighted by atomic mass is 10.0. The predicted molar refractivity (Wildman–Crippen MR) is 139 cm³/mol. The zero-order valence-corrected chi connectivity index (χ0v) is 21.3. The molecule has 2 heterocycles. The van der Waals surface area contributed by atoms with Gasteiger partial charge in [-0.15, -0.1) is 0 Å². The summed E-state index contributed by atoms with van der Waals surface area (Å²) in [5.74, 6) is -0.899. The van der Waals surface area contributed by atoms with Crippen LogP contribution in [0.5, 0.6) is 0 Å². The Kier molecular flexibility index (Phi) is 6.99. The standard InChI is InChI=1S/C27H27ClN2O5S/c28-19-11-9-18(10-12-19)25-15-23(22-7-3-4-8-24(22)29-25)27(32)35-16-26(31)30(20-5-1-2-6-20)21-13-14-36(33,34)17-21/h3-4,7-12,15,20-21H,1-2,5-6,13-14,16-17H2/t21-/m0/s1. The number of para-hydroxylation sites is 1. The summed E-state index contributed by atoms with van der Waals surface area (Å²) in [4.78, 5) is 32.9. The number of pyridine rings is 1. The molecule has 1 saturated heterocycles. The molecule has 1 aliphatic heterocycles. The van der Waals surface area contributed by atoms with E-state index in [2.05, 4.69) is 4.98 Å². The smallest absolute Gasteiger partial charge is 0.339 e. The summed E-state index contributed by atoms with van der Waals surface area (Å²) in [6.45, 7) is -0.432. The molecule has 0 radical (unpaired) electrons.